The van der Waals surface area contributed by atoms with E-state index in [4.69, 9.17) is 9.15 Å². The Morgan fingerprint density at radius 2 is 1.94 bits per heavy atom. The molecule has 2 aromatic carbocycles. The van der Waals surface area contributed by atoms with Crippen LogP contribution in [0.5, 0.6) is 5.75 Å². The van der Waals surface area contributed by atoms with Crippen molar-refractivity contribution in [1.29, 1.82) is 0 Å². The Morgan fingerprint density at radius 3 is 2.70 bits per heavy atom. The number of carbonyl (C=O) groups excluding carboxylic acids is 1. The number of aromatic nitrogens is 3. The van der Waals surface area contributed by atoms with E-state index < -0.39 is 17.8 Å². The van der Waals surface area contributed by atoms with Gasteiger partial charge in [-0.25, -0.2) is 9.07 Å². The highest BCUT2D eigenvalue weighted by Gasteiger charge is 2.36. The third-order valence-electron chi connectivity index (χ3n) is 5.39. The highest BCUT2D eigenvalue weighted by atomic mass is 19.1. The first-order valence-corrected chi connectivity index (χ1v) is 10.2. The number of anilines is 2. The minimum Gasteiger partial charge on any atom is -0.495 e. The number of nitrogens with zero attached hydrogens (tertiary/aromatic N) is 3. The van der Waals surface area contributed by atoms with Gasteiger partial charge in [-0.15, -0.1) is 5.10 Å². The van der Waals surface area contributed by atoms with Crippen molar-refractivity contribution in [2.24, 2.45) is 0 Å². The fourth-order valence-electron chi connectivity index (χ4n) is 3.88. The molecule has 3 heterocycles. The summed E-state index contributed by atoms with van der Waals surface area (Å²) < 4.78 is 27.3. The zero-order chi connectivity index (χ0) is 22.9. The number of fused-ring (bicyclic) bond motifs is 1. The van der Waals surface area contributed by atoms with E-state index in [1.807, 2.05) is 0 Å². The Labute approximate surface area is 188 Å². The van der Waals surface area contributed by atoms with Crippen LogP contribution >= 0.6 is 0 Å². The number of halogens is 1. The summed E-state index contributed by atoms with van der Waals surface area (Å²) in [6.07, 6.45) is 1.52. The number of furan rings is 1. The largest absolute Gasteiger partial charge is 0.495 e. The lowest BCUT2D eigenvalue weighted by molar-refractivity contribution is -0.113. The first-order valence-electron chi connectivity index (χ1n) is 10.2. The Morgan fingerprint density at radius 1 is 1.15 bits per heavy atom. The standard InChI is InChI=1S/C24H20FN5O3/c1-14-20(23(31)27-17-10-5-6-11-18(17)32-2)21(15-8-3-4-9-16(15)25)30-24(26-14)28-22(29-30)19-12-7-13-33-19/h3-13,21H,1-2H3,(H,27,31)(H,26,28,29)/t21-/m1/s1. The fraction of sp³-hybridized carbons (Fsp3) is 0.125. The number of amides is 1. The van der Waals surface area contributed by atoms with Crippen molar-refractivity contribution in [3.8, 4) is 17.3 Å². The number of allylic oxidation sites excluding steroid dienone is 1. The molecule has 2 aromatic heterocycles. The van der Waals surface area contributed by atoms with Crippen LogP contribution in [0.25, 0.3) is 11.6 Å². The Bertz CT molecular complexity index is 1360. The molecule has 0 unspecified atom stereocenters. The third-order valence-corrected chi connectivity index (χ3v) is 5.39. The third kappa shape index (κ3) is 3.63. The molecule has 0 saturated carbocycles. The van der Waals surface area contributed by atoms with Crippen molar-refractivity contribution in [2.75, 3.05) is 17.7 Å². The molecule has 1 aliphatic heterocycles. The minimum absolute atomic E-state index is 0.292. The van der Waals surface area contributed by atoms with Gasteiger partial charge in [-0.05, 0) is 37.3 Å². The van der Waals surface area contributed by atoms with E-state index in [-0.39, 0.29) is 0 Å². The lowest BCUT2D eigenvalue weighted by Crippen LogP contribution is -2.32. The maximum absolute atomic E-state index is 15.0. The second-order valence-corrected chi connectivity index (χ2v) is 7.42. The Kier molecular flexibility index (Phi) is 5.14. The zero-order valence-corrected chi connectivity index (χ0v) is 17.9. The summed E-state index contributed by atoms with van der Waals surface area (Å²) in [7, 11) is 1.53. The number of nitrogens with one attached hydrogen (secondary N) is 2. The number of methoxy groups -OCH3 is 1. The molecule has 9 heteroatoms. The number of carbonyl (C=O) groups is 1. The van der Waals surface area contributed by atoms with Gasteiger partial charge in [0.05, 0.1) is 24.6 Å². The van der Waals surface area contributed by atoms with Crippen molar-refractivity contribution in [3.05, 3.63) is 89.6 Å². The van der Waals surface area contributed by atoms with Gasteiger partial charge in [-0.3, -0.25) is 4.79 Å². The molecule has 166 valence electrons. The van der Waals surface area contributed by atoms with E-state index in [1.54, 1.807) is 61.5 Å². The number of rotatable bonds is 5. The van der Waals surface area contributed by atoms with Crippen molar-refractivity contribution in [2.45, 2.75) is 13.0 Å². The summed E-state index contributed by atoms with van der Waals surface area (Å²) in [5, 5.41) is 10.5. The monoisotopic (exact) mass is 445 g/mol. The smallest absolute Gasteiger partial charge is 0.255 e. The van der Waals surface area contributed by atoms with Gasteiger partial charge in [0, 0.05) is 11.3 Å². The number of para-hydroxylation sites is 2. The first-order chi connectivity index (χ1) is 16.1. The molecule has 5 rings (SSSR count). The van der Waals surface area contributed by atoms with Gasteiger partial charge in [-0.2, -0.15) is 4.98 Å². The Balaban J connectivity index is 1.62. The SMILES string of the molecule is COc1ccccc1NC(=O)C1=C(C)Nc2nc(-c3ccco3)nn2[C@@H]1c1ccccc1F. The van der Waals surface area contributed by atoms with Gasteiger partial charge in [0.2, 0.25) is 11.8 Å². The molecule has 0 fully saturated rings. The van der Waals surface area contributed by atoms with Crippen molar-refractivity contribution >= 4 is 17.5 Å². The van der Waals surface area contributed by atoms with Crippen LogP contribution < -0.4 is 15.4 Å². The van der Waals surface area contributed by atoms with Crippen LogP contribution in [0.4, 0.5) is 16.0 Å². The molecule has 0 spiro atoms. The average Bonchev–Trinajstić information content (AvgIpc) is 3.49. The number of benzene rings is 2. The molecule has 8 nitrogen and oxygen atoms in total. The molecule has 1 atom stereocenters. The van der Waals surface area contributed by atoms with E-state index in [2.05, 4.69) is 20.7 Å². The van der Waals surface area contributed by atoms with E-state index in [0.29, 0.717) is 45.8 Å². The second-order valence-electron chi connectivity index (χ2n) is 7.42. The normalized spacial score (nSPS) is 15.1. The predicted molar refractivity (Wildman–Crippen MR) is 120 cm³/mol. The summed E-state index contributed by atoms with van der Waals surface area (Å²) in [5.41, 5.74) is 1.62. The number of hydrogen-bond acceptors (Lipinski definition) is 6. The van der Waals surface area contributed by atoms with E-state index in [1.165, 1.54) is 24.1 Å². The van der Waals surface area contributed by atoms with E-state index in [9.17, 15) is 9.18 Å². The van der Waals surface area contributed by atoms with Crippen LogP contribution in [0, 0.1) is 5.82 Å². The maximum atomic E-state index is 15.0. The average molecular weight is 445 g/mol. The van der Waals surface area contributed by atoms with Gasteiger partial charge in [0.25, 0.3) is 5.91 Å². The van der Waals surface area contributed by atoms with E-state index in [0.717, 1.165) is 0 Å². The maximum Gasteiger partial charge on any atom is 0.255 e. The zero-order valence-electron chi connectivity index (χ0n) is 17.9. The molecule has 0 bridgehead atoms. The molecule has 0 aliphatic carbocycles. The van der Waals surface area contributed by atoms with Gasteiger partial charge in [-0.1, -0.05) is 30.3 Å². The lowest BCUT2D eigenvalue weighted by Gasteiger charge is -2.29. The molecule has 0 saturated heterocycles. The van der Waals surface area contributed by atoms with Crippen molar-refractivity contribution in [1.82, 2.24) is 14.8 Å². The molecular formula is C24H20FN5O3. The molecule has 33 heavy (non-hydrogen) atoms. The molecular weight excluding hydrogens is 425 g/mol. The van der Waals surface area contributed by atoms with Crippen LogP contribution in [0.3, 0.4) is 0 Å². The van der Waals surface area contributed by atoms with Crippen LogP contribution in [-0.2, 0) is 4.79 Å². The van der Waals surface area contributed by atoms with Crippen LogP contribution in [-0.4, -0.2) is 27.8 Å². The van der Waals surface area contributed by atoms with Gasteiger partial charge >= 0.3 is 0 Å². The van der Waals surface area contributed by atoms with Crippen molar-refractivity contribution < 1.29 is 18.3 Å². The van der Waals surface area contributed by atoms with Gasteiger partial charge in [0.1, 0.15) is 17.6 Å². The quantitative estimate of drug-likeness (QED) is 0.466. The topological polar surface area (TPSA) is 94.2 Å². The summed E-state index contributed by atoms with van der Waals surface area (Å²) in [6, 6.07) is 16.0. The summed E-state index contributed by atoms with van der Waals surface area (Å²) in [5.74, 6) is 0.795. The Hall–Kier alpha value is -4.40. The molecule has 2 N–H and O–H groups in total. The van der Waals surface area contributed by atoms with Gasteiger partial charge < -0.3 is 19.8 Å². The van der Waals surface area contributed by atoms with Crippen molar-refractivity contribution in [3.63, 3.8) is 0 Å². The highest BCUT2D eigenvalue weighted by molar-refractivity contribution is 6.06. The summed E-state index contributed by atoms with van der Waals surface area (Å²) in [6.45, 7) is 1.75. The number of ether oxygens (including phenoxy) is 1. The van der Waals surface area contributed by atoms with Gasteiger partial charge in [0.15, 0.2) is 5.76 Å². The summed E-state index contributed by atoms with van der Waals surface area (Å²) >= 11 is 0. The highest BCUT2D eigenvalue weighted by Crippen LogP contribution is 2.38. The number of hydrogen-bond donors (Lipinski definition) is 2. The van der Waals surface area contributed by atoms with Crippen LogP contribution in [0.1, 0.15) is 18.5 Å². The minimum atomic E-state index is -0.853. The second kappa shape index (κ2) is 8.27. The lowest BCUT2D eigenvalue weighted by atomic mass is 9.94. The molecule has 0 radical (unpaired) electrons. The molecule has 1 amide bonds. The summed E-state index contributed by atoms with van der Waals surface area (Å²) in [4.78, 5) is 18.0. The molecule has 1 aliphatic rings. The first kappa shape index (κ1) is 20.5. The predicted octanol–water partition coefficient (Wildman–Crippen LogP) is 4.61. The fourth-order valence-corrected chi connectivity index (χ4v) is 3.88. The molecule has 4 aromatic rings. The van der Waals surface area contributed by atoms with Crippen LogP contribution in [0.15, 0.2) is 82.6 Å². The van der Waals surface area contributed by atoms with Crippen LogP contribution in [0.2, 0.25) is 0 Å². The van der Waals surface area contributed by atoms with E-state index >= 15 is 0 Å².